The molecule has 2 heterocycles. The third kappa shape index (κ3) is 5.42. The highest BCUT2D eigenvalue weighted by molar-refractivity contribution is 5.85. The van der Waals surface area contributed by atoms with Gasteiger partial charge in [-0.3, -0.25) is 0 Å². The first-order chi connectivity index (χ1) is 8.05. The zero-order valence-corrected chi connectivity index (χ0v) is 11.7. The molecule has 1 aromatic heterocycles. The van der Waals surface area contributed by atoms with Crippen LogP contribution in [0, 0.1) is 0 Å². The zero-order chi connectivity index (χ0) is 12.3. The maximum Gasteiger partial charge on any atom is 0.433 e. The Balaban J connectivity index is 0.00000162. The summed E-state index contributed by atoms with van der Waals surface area (Å²) >= 11 is 0. The Morgan fingerprint density at radius 3 is 2.37 bits per heavy atom. The van der Waals surface area contributed by atoms with Crippen LogP contribution in [0.2, 0.25) is 0 Å². The maximum absolute atomic E-state index is 12.4. The summed E-state index contributed by atoms with van der Waals surface area (Å²) in [4.78, 5) is 3.58. The Labute approximate surface area is 122 Å². The zero-order valence-electron chi connectivity index (χ0n) is 10.0. The summed E-state index contributed by atoms with van der Waals surface area (Å²) in [6.07, 6.45) is -2.58. The largest absolute Gasteiger partial charge is 0.433 e. The second kappa shape index (κ2) is 7.77. The molecule has 2 rings (SSSR count). The van der Waals surface area contributed by atoms with E-state index in [9.17, 15) is 13.2 Å². The van der Waals surface area contributed by atoms with Gasteiger partial charge in [-0.15, -0.1) is 24.8 Å². The first-order valence-electron chi connectivity index (χ1n) is 5.57. The van der Waals surface area contributed by atoms with Crippen LogP contribution in [-0.4, -0.2) is 24.1 Å². The van der Waals surface area contributed by atoms with Crippen molar-refractivity contribution in [3.8, 4) is 0 Å². The highest BCUT2D eigenvalue weighted by Gasteiger charge is 2.32. The number of nitrogens with zero attached hydrogens (tertiary/aromatic N) is 1. The van der Waals surface area contributed by atoms with Gasteiger partial charge in [-0.05, 0) is 38.1 Å². The molecule has 0 spiro atoms. The summed E-state index contributed by atoms with van der Waals surface area (Å²) in [5.74, 6) is 0.298. The SMILES string of the molecule is Cl.Cl.FC(F)(F)c1cccc(NC2CCNCC2)n1. The van der Waals surface area contributed by atoms with Crippen LogP contribution < -0.4 is 10.6 Å². The first-order valence-corrected chi connectivity index (χ1v) is 5.57. The number of pyridine rings is 1. The van der Waals surface area contributed by atoms with Crippen molar-refractivity contribution < 1.29 is 13.2 Å². The Hall–Kier alpha value is -0.720. The molecule has 3 nitrogen and oxygen atoms in total. The molecule has 1 aliphatic rings. The fraction of sp³-hybridized carbons (Fsp3) is 0.545. The van der Waals surface area contributed by atoms with Crippen LogP contribution >= 0.6 is 24.8 Å². The van der Waals surface area contributed by atoms with Crippen LogP contribution in [-0.2, 0) is 6.18 Å². The molecule has 0 bridgehead atoms. The van der Waals surface area contributed by atoms with Crippen molar-refractivity contribution >= 4 is 30.6 Å². The average Bonchev–Trinajstić information content (AvgIpc) is 2.29. The number of alkyl halides is 3. The lowest BCUT2D eigenvalue weighted by atomic mass is 10.1. The van der Waals surface area contributed by atoms with Crippen LogP contribution in [0.25, 0.3) is 0 Å². The van der Waals surface area contributed by atoms with Gasteiger partial charge < -0.3 is 10.6 Å². The van der Waals surface area contributed by atoms with Crippen molar-refractivity contribution in [2.24, 2.45) is 0 Å². The highest BCUT2D eigenvalue weighted by atomic mass is 35.5. The second-order valence-electron chi connectivity index (χ2n) is 4.07. The van der Waals surface area contributed by atoms with Crippen LogP contribution in [0.1, 0.15) is 18.5 Å². The Morgan fingerprint density at radius 2 is 1.79 bits per heavy atom. The summed E-state index contributed by atoms with van der Waals surface area (Å²) in [6.45, 7) is 1.77. The molecule has 8 heteroatoms. The van der Waals surface area contributed by atoms with E-state index in [2.05, 4.69) is 15.6 Å². The minimum Gasteiger partial charge on any atom is -0.367 e. The first kappa shape index (κ1) is 18.3. The summed E-state index contributed by atoms with van der Waals surface area (Å²) in [5.41, 5.74) is -0.851. The summed E-state index contributed by atoms with van der Waals surface area (Å²) in [6, 6.07) is 4.12. The molecule has 1 fully saturated rings. The van der Waals surface area contributed by atoms with Gasteiger partial charge in [0.05, 0.1) is 0 Å². The van der Waals surface area contributed by atoms with Gasteiger partial charge in [0, 0.05) is 6.04 Å². The molecule has 2 N–H and O–H groups in total. The minimum absolute atomic E-state index is 0. The molecule has 19 heavy (non-hydrogen) atoms. The van der Waals surface area contributed by atoms with Gasteiger partial charge in [0.25, 0.3) is 0 Å². The minimum atomic E-state index is -4.38. The smallest absolute Gasteiger partial charge is 0.367 e. The molecule has 0 saturated carbocycles. The number of hydrogen-bond acceptors (Lipinski definition) is 3. The molecular weight excluding hydrogens is 302 g/mol. The van der Waals surface area contributed by atoms with E-state index in [0.717, 1.165) is 32.0 Å². The van der Waals surface area contributed by atoms with Crippen molar-refractivity contribution in [3.63, 3.8) is 0 Å². The Morgan fingerprint density at radius 1 is 1.16 bits per heavy atom. The average molecular weight is 318 g/mol. The predicted molar refractivity (Wildman–Crippen MR) is 73.2 cm³/mol. The molecule has 1 saturated heterocycles. The molecule has 0 atom stereocenters. The number of piperidine rings is 1. The number of halogens is 5. The van der Waals surface area contributed by atoms with Gasteiger partial charge in [-0.1, -0.05) is 6.07 Å². The number of anilines is 1. The molecule has 0 amide bonds. The molecule has 0 aromatic carbocycles. The number of nitrogens with one attached hydrogen (secondary N) is 2. The fourth-order valence-electron chi connectivity index (χ4n) is 1.85. The fourth-order valence-corrected chi connectivity index (χ4v) is 1.85. The van der Waals surface area contributed by atoms with Crippen molar-refractivity contribution in [2.45, 2.75) is 25.1 Å². The van der Waals surface area contributed by atoms with E-state index in [4.69, 9.17) is 0 Å². The molecule has 1 aliphatic heterocycles. The van der Waals surface area contributed by atoms with Crippen LogP contribution in [0.5, 0.6) is 0 Å². The van der Waals surface area contributed by atoms with E-state index in [-0.39, 0.29) is 30.9 Å². The van der Waals surface area contributed by atoms with Gasteiger partial charge >= 0.3 is 6.18 Å². The van der Waals surface area contributed by atoms with E-state index in [1.165, 1.54) is 6.07 Å². The van der Waals surface area contributed by atoms with Crippen molar-refractivity contribution in [1.82, 2.24) is 10.3 Å². The number of rotatable bonds is 2. The number of aromatic nitrogens is 1. The van der Waals surface area contributed by atoms with E-state index >= 15 is 0 Å². The monoisotopic (exact) mass is 317 g/mol. The van der Waals surface area contributed by atoms with Crippen molar-refractivity contribution in [2.75, 3.05) is 18.4 Å². The summed E-state index contributed by atoms with van der Waals surface area (Å²) in [7, 11) is 0. The van der Waals surface area contributed by atoms with Gasteiger partial charge in [0.1, 0.15) is 11.5 Å². The molecule has 110 valence electrons. The number of hydrogen-bond donors (Lipinski definition) is 2. The summed E-state index contributed by atoms with van der Waals surface area (Å²) < 4.78 is 37.3. The lowest BCUT2D eigenvalue weighted by Gasteiger charge is -2.24. The van der Waals surface area contributed by atoms with Crippen LogP contribution in [0.3, 0.4) is 0 Å². The van der Waals surface area contributed by atoms with Crippen molar-refractivity contribution in [3.05, 3.63) is 23.9 Å². The third-order valence-electron chi connectivity index (χ3n) is 2.73. The normalized spacial score (nSPS) is 16.2. The molecule has 0 aliphatic carbocycles. The van der Waals surface area contributed by atoms with Gasteiger partial charge in [-0.25, -0.2) is 4.98 Å². The van der Waals surface area contributed by atoms with E-state index in [1.807, 2.05) is 0 Å². The van der Waals surface area contributed by atoms with Gasteiger partial charge in [0.15, 0.2) is 0 Å². The van der Waals surface area contributed by atoms with E-state index in [0.29, 0.717) is 5.82 Å². The molecule has 1 aromatic rings. The van der Waals surface area contributed by atoms with Crippen molar-refractivity contribution in [1.29, 1.82) is 0 Å². The predicted octanol–water partition coefficient (Wildman–Crippen LogP) is 3.11. The molecule has 0 radical (unpaired) electrons. The second-order valence-corrected chi connectivity index (χ2v) is 4.07. The van der Waals surface area contributed by atoms with Gasteiger partial charge in [0.2, 0.25) is 0 Å². The maximum atomic E-state index is 12.4. The Bertz CT molecular complexity index is 382. The summed E-state index contributed by atoms with van der Waals surface area (Å²) in [5, 5.41) is 6.24. The van der Waals surface area contributed by atoms with Gasteiger partial charge in [-0.2, -0.15) is 13.2 Å². The lowest BCUT2D eigenvalue weighted by Crippen LogP contribution is -2.35. The third-order valence-corrected chi connectivity index (χ3v) is 2.73. The van der Waals surface area contributed by atoms with Crippen LogP contribution in [0.15, 0.2) is 18.2 Å². The van der Waals surface area contributed by atoms with Crippen LogP contribution in [0.4, 0.5) is 19.0 Å². The molecule has 0 unspecified atom stereocenters. The van der Waals surface area contributed by atoms with E-state index < -0.39 is 11.9 Å². The van der Waals surface area contributed by atoms with E-state index in [1.54, 1.807) is 6.07 Å². The quantitative estimate of drug-likeness (QED) is 0.880. The standard InChI is InChI=1S/C11H14F3N3.2ClH/c12-11(13,14)9-2-1-3-10(17-9)16-8-4-6-15-7-5-8;;/h1-3,8,15H,4-7H2,(H,16,17);2*1H. The highest BCUT2D eigenvalue weighted by Crippen LogP contribution is 2.28. The Kier molecular flexibility index (Phi) is 7.47. The topological polar surface area (TPSA) is 37.0 Å². The molecular formula is C11H16Cl2F3N3. The lowest BCUT2D eigenvalue weighted by molar-refractivity contribution is -0.141.